The number of rotatable bonds is 14. The van der Waals surface area contributed by atoms with Crippen molar-refractivity contribution in [2.45, 2.75) is 44.9 Å². The van der Waals surface area contributed by atoms with Gasteiger partial charge in [0, 0.05) is 18.0 Å². The van der Waals surface area contributed by atoms with Gasteiger partial charge < -0.3 is 19.4 Å². The van der Waals surface area contributed by atoms with E-state index in [1.54, 1.807) is 54.4 Å². The number of aromatic nitrogens is 2. The van der Waals surface area contributed by atoms with Crippen LogP contribution in [0, 0.1) is 18.6 Å². The van der Waals surface area contributed by atoms with Crippen LogP contribution < -0.4 is 10.1 Å². The zero-order chi connectivity index (χ0) is 30.8. The van der Waals surface area contributed by atoms with Gasteiger partial charge in [-0.2, -0.15) is 11.8 Å². The summed E-state index contributed by atoms with van der Waals surface area (Å²) in [7, 11) is 1.29. The van der Waals surface area contributed by atoms with Gasteiger partial charge in [-0.15, -0.1) is 0 Å². The van der Waals surface area contributed by atoms with Crippen LogP contribution in [-0.4, -0.2) is 46.6 Å². The van der Waals surface area contributed by atoms with E-state index in [9.17, 15) is 18.4 Å². The number of methoxy groups -OCH3 is 1. The number of amides is 1. The summed E-state index contributed by atoms with van der Waals surface area (Å²) in [5.41, 5.74) is 2.78. The summed E-state index contributed by atoms with van der Waals surface area (Å²) in [6, 6.07) is 16.8. The number of nitrogens with one attached hydrogen (secondary N) is 1. The molecular formula is C33H35F2N3O4S. The van der Waals surface area contributed by atoms with Crippen molar-refractivity contribution in [2.75, 3.05) is 19.1 Å². The third-order valence-electron chi connectivity index (χ3n) is 7.13. The monoisotopic (exact) mass is 607 g/mol. The van der Waals surface area contributed by atoms with Crippen molar-refractivity contribution in [3.63, 3.8) is 0 Å². The summed E-state index contributed by atoms with van der Waals surface area (Å²) in [5.74, 6) is 0.272. The lowest BCUT2D eigenvalue weighted by atomic mass is 9.98. The van der Waals surface area contributed by atoms with Crippen molar-refractivity contribution in [3.8, 4) is 5.75 Å². The minimum Gasteiger partial charge on any atom is -0.484 e. The number of benzene rings is 3. The van der Waals surface area contributed by atoms with Gasteiger partial charge in [0.05, 0.1) is 13.7 Å². The predicted octanol–water partition coefficient (Wildman–Crippen LogP) is 6.10. The van der Waals surface area contributed by atoms with Crippen LogP contribution in [0.25, 0.3) is 0 Å². The van der Waals surface area contributed by atoms with Crippen LogP contribution in [0.5, 0.6) is 5.75 Å². The second-order valence-electron chi connectivity index (χ2n) is 10.1. The normalized spacial score (nSPS) is 12.4. The van der Waals surface area contributed by atoms with Gasteiger partial charge in [-0.3, -0.25) is 4.79 Å². The molecule has 0 aliphatic carbocycles. The quantitative estimate of drug-likeness (QED) is 0.175. The molecule has 0 radical (unpaired) electrons. The molecule has 1 heterocycles. The highest BCUT2D eigenvalue weighted by Gasteiger charge is 2.24. The topological polar surface area (TPSA) is 82.5 Å². The zero-order valence-electron chi connectivity index (χ0n) is 24.4. The predicted molar refractivity (Wildman–Crippen MR) is 163 cm³/mol. The second-order valence-corrected chi connectivity index (χ2v) is 11.0. The number of esters is 1. The van der Waals surface area contributed by atoms with E-state index >= 15 is 0 Å². The molecule has 2 atom stereocenters. The van der Waals surface area contributed by atoms with Gasteiger partial charge in [0.1, 0.15) is 35.4 Å². The first-order valence-electron chi connectivity index (χ1n) is 13.9. The maximum absolute atomic E-state index is 13.7. The van der Waals surface area contributed by atoms with E-state index in [1.165, 1.54) is 31.4 Å². The van der Waals surface area contributed by atoms with Gasteiger partial charge in [0.15, 0.2) is 0 Å². The summed E-state index contributed by atoms with van der Waals surface area (Å²) in [6.07, 6.45) is 6.44. The van der Waals surface area contributed by atoms with E-state index in [2.05, 4.69) is 10.3 Å². The van der Waals surface area contributed by atoms with Crippen LogP contribution in [-0.2, 0) is 28.9 Å². The molecule has 0 bridgehead atoms. The standard InChI is InChI=1S/C33H35F2N3O4S/c1-22-36-17-18-38(22)21-31(25-8-13-27(35)14-9-25)42-28-15-10-24(7-4-23-5-11-26(34)12-6-23)29(20-28)32(39)37-30(16-19-43-3)33(40)41-2/h5-6,8-15,17-18,20,30-31H,4,7,16,19,21H2,1-3H3,(H,37,39)/t30-,31?/m0/s1. The fourth-order valence-electron chi connectivity index (χ4n) is 4.68. The molecule has 3 aromatic carbocycles. The minimum atomic E-state index is -0.810. The maximum atomic E-state index is 13.7. The fourth-order valence-corrected chi connectivity index (χ4v) is 5.15. The largest absolute Gasteiger partial charge is 0.484 e. The van der Waals surface area contributed by atoms with Gasteiger partial charge in [0.2, 0.25) is 0 Å². The molecule has 10 heteroatoms. The van der Waals surface area contributed by atoms with E-state index in [1.807, 2.05) is 30.0 Å². The lowest BCUT2D eigenvalue weighted by Gasteiger charge is -2.22. The summed E-state index contributed by atoms with van der Waals surface area (Å²) in [6.45, 7) is 2.29. The molecule has 0 fully saturated rings. The molecule has 1 amide bonds. The molecule has 0 saturated carbocycles. The van der Waals surface area contributed by atoms with Gasteiger partial charge in [-0.25, -0.2) is 18.6 Å². The highest BCUT2D eigenvalue weighted by molar-refractivity contribution is 7.98. The number of nitrogens with zero attached hydrogens (tertiary/aromatic N) is 2. The average molecular weight is 608 g/mol. The summed E-state index contributed by atoms with van der Waals surface area (Å²) >= 11 is 1.57. The molecule has 0 aliphatic heterocycles. The summed E-state index contributed by atoms with van der Waals surface area (Å²) in [5, 5.41) is 2.84. The third-order valence-corrected chi connectivity index (χ3v) is 7.77. The third kappa shape index (κ3) is 8.90. The van der Waals surface area contributed by atoms with E-state index < -0.39 is 24.0 Å². The van der Waals surface area contributed by atoms with Gasteiger partial charge in [-0.1, -0.05) is 30.3 Å². The lowest BCUT2D eigenvalue weighted by molar-refractivity contribution is -0.142. The summed E-state index contributed by atoms with van der Waals surface area (Å²) < 4.78 is 40.5. The van der Waals surface area contributed by atoms with Gasteiger partial charge in [-0.05, 0) is 91.3 Å². The highest BCUT2D eigenvalue weighted by atomic mass is 32.2. The first kappa shape index (κ1) is 31.7. The van der Waals surface area contributed by atoms with E-state index in [0.29, 0.717) is 42.9 Å². The number of carbonyl (C=O) groups is 2. The smallest absolute Gasteiger partial charge is 0.328 e. The average Bonchev–Trinajstić information content (AvgIpc) is 3.42. The van der Waals surface area contributed by atoms with Crippen molar-refractivity contribution in [3.05, 3.63) is 119 Å². The number of thioether (sulfide) groups is 1. The molecule has 4 rings (SSSR count). The first-order valence-corrected chi connectivity index (χ1v) is 15.3. The van der Waals surface area contributed by atoms with E-state index in [4.69, 9.17) is 9.47 Å². The molecule has 7 nitrogen and oxygen atoms in total. The molecule has 0 saturated heterocycles. The number of ether oxygens (including phenoxy) is 2. The molecule has 1 aromatic heterocycles. The Hall–Kier alpha value is -4.18. The van der Waals surface area contributed by atoms with Crippen LogP contribution in [0.15, 0.2) is 79.1 Å². The summed E-state index contributed by atoms with van der Waals surface area (Å²) in [4.78, 5) is 30.4. The minimum absolute atomic E-state index is 0.314. The molecule has 1 unspecified atom stereocenters. The van der Waals surface area contributed by atoms with Crippen molar-refractivity contribution < 1.29 is 27.8 Å². The molecule has 226 valence electrons. The number of halogens is 2. The Morgan fingerprint density at radius 2 is 1.70 bits per heavy atom. The van der Waals surface area contributed by atoms with Crippen LogP contribution in [0.1, 0.15) is 45.4 Å². The number of hydrogen-bond donors (Lipinski definition) is 1. The Morgan fingerprint density at radius 1 is 1.00 bits per heavy atom. The lowest BCUT2D eigenvalue weighted by Crippen LogP contribution is -2.42. The van der Waals surface area contributed by atoms with Crippen LogP contribution in [0.4, 0.5) is 8.78 Å². The second kappa shape index (κ2) is 15.3. The van der Waals surface area contributed by atoms with Crippen molar-refractivity contribution in [1.29, 1.82) is 0 Å². The SMILES string of the molecule is COC(=O)[C@H](CCSC)NC(=O)c1cc(OC(Cn2ccnc2C)c2ccc(F)cc2)ccc1CCc1ccc(F)cc1. The molecule has 43 heavy (non-hydrogen) atoms. The number of imidazole rings is 1. The molecule has 0 aliphatic rings. The van der Waals surface area contributed by atoms with E-state index in [-0.39, 0.29) is 11.6 Å². The zero-order valence-corrected chi connectivity index (χ0v) is 25.2. The van der Waals surface area contributed by atoms with Crippen molar-refractivity contribution in [2.24, 2.45) is 0 Å². The Bertz CT molecular complexity index is 1510. The van der Waals surface area contributed by atoms with Gasteiger partial charge in [0.25, 0.3) is 5.91 Å². The number of carbonyl (C=O) groups excluding carboxylic acids is 2. The first-order chi connectivity index (χ1) is 20.8. The maximum Gasteiger partial charge on any atom is 0.328 e. The Morgan fingerprint density at radius 3 is 2.33 bits per heavy atom. The molecule has 0 spiro atoms. The fraction of sp³-hybridized carbons (Fsp3) is 0.303. The van der Waals surface area contributed by atoms with Crippen LogP contribution >= 0.6 is 11.8 Å². The van der Waals surface area contributed by atoms with Crippen molar-refractivity contribution >= 4 is 23.6 Å². The molecule has 1 N–H and O–H groups in total. The van der Waals surface area contributed by atoms with Crippen LogP contribution in [0.2, 0.25) is 0 Å². The molecule has 4 aromatic rings. The Balaban J connectivity index is 1.65. The van der Waals surface area contributed by atoms with Crippen molar-refractivity contribution in [1.82, 2.24) is 14.9 Å². The van der Waals surface area contributed by atoms with Gasteiger partial charge >= 0.3 is 5.97 Å². The number of aryl methyl sites for hydroxylation is 3. The van der Waals surface area contributed by atoms with Crippen LogP contribution in [0.3, 0.4) is 0 Å². The Labute approximate surface area is 254 Å². The molecular weight excluding hydrogens is 572 g/mol. The van der Waals surface area contributed by atoms with E-state index in [0.717, 1.165) is 22.5 Å². The number of hydrogen-bond acceptors (Lipinski definition) is 6. The Kier molecular flexibility index (Phi) is 11.3. The highest BCUT2D eigenvalue weighted by Crippen LogP contribution is 2.28.